The highest BCUT2D eigenvalue weighted by Crippen LogP contribution is 2.25. The molecule has 5 heteroatoms. The van der Waals surface area contributed by atoms with Crippen LogP contribution in [0.15, 0.2) is 91.6 Å². The summed E-state index contributed by atoms with van der Waals surface area (Å²) in [6.07, 6.45) is 9.01. The van der Waals surface area contributed by atoms with Crippen LogP contribution in [0.5, 0.6) is 0 Å². The fourth-order valence-corrected chi connectivity index (χ4v) is 4.46. The third-order valence-corrected chi connectivity index (χ3v) is 7.20. The number of hydrogen-bond acceptors (Lipinski definition) is 5. The predicted molar refractivity (Wildman–Crippen MR) is 177 cm³/mol. The molecule has 0 saturated carbocycles. The van der Waals surface area contributed by atoms with Crippen LogP contribution < -0.4 is 0 Å². The van der Waals surface area contributed by atoms with Crippen LogP contribution in [0.1, 0.15) is 83.7 Å². The van der Waals surface area contributed by atoms with Gasteiger partial charge in [-0.05, 0) is 76.1 Å². The molecule has 0 bridgehead atoms. The van der Waals surface area contributed by atoms with Gasteiger partial charge >= 0.3 is 0 Å². The zero-order valence-electron chi connectivity index (χ0n) is 26.5. The van der Waals surface area contributed by atoms with E-state index < -0.39 is 0 Å². The van der Waals surface area contributed by atoms with Crippen LogP contribution in [0.2, 0.25) is 0 Å². The normalized spacial score (nSPS) is 11.7. The molecule has 0 amide bonds. The van der Waals surface area contributed by atoms with Gasteiger partial charge in [-0.25, -0.2) is 4.98 Å². The van der Waals surface area contributed by atoms with Crippen molar-refractivity contribution in [2.24, 2.45) is 0 Å². The molecule has 0 aliphatic heterocycles. The quantitative estimate of drug-likeness (QED) is 0.201. The number of hydrogen-bond donors (Lipinski definition) is 0. The van der Waals surface area contributed by atoms with Crippen molar-refractivity contribution in [1.29, 1.82) is 0 Å². The standard InChI is InChI=1S/C13H16N2.C12H14N2.C12H13N/c1-9-8-14-12-7-10(13(2,3)4)5-6-11(12)15-9;1-12(2,3)9-4-5-10-11(8-9)14-7-6-13-10;1-9(2)10-3-4-12-8-13-6-5-11(12)7-10/h5-8H,1-4H3;4-8H,1-3H3;3-9H,1-2H3. The SMILES string of the molecule is CC(C)(C)c1ccc2nccnc2c1.CC(C)c1ccc2cnccc2c1.Cc1cnc2cc(C(C)(C)C)ccc2n1. The molecule has 3 heterocycles. The molecular formula is C37H43N5. The first-order chi connectivity index (χ1) is 19.8. The first kappa shape index (κ1) is 30.7. The first-order valence-electron chi connectivity index (χ1n) is 14.6. The number of fused-ring (bicyclic) bond motifs is 3. The smallest absolute Gasteiger partial charge is 0.0890 e. The molecule has 0 radical (unpaired) electrons. The van der Waals surface area contributed by atoms with E-state index in [-0.39, 0.29) is 10.8 Å². The number of aromatic nitrogens is 5. The summed E-state index contributed by atoms with van der Waals surface area (Å²) in [5.41, 5.74) is 9.17. The maximum Gasteiger partial charge on any atom is 0.0890 e. The van der Waals surface area contributed by atoms with Crippen LogP contribution in [0.25, 0.3) is 32.8 Å². The predicted octanol–water partition coefficient (Wildman–Crippen LogP) is 9.52. The van der Waals surface area contributed by atoms with E-state index in [2.05, 4.69) is 135 Å². The first-order valence-corrected chi connectivity index (χ1v) is 14.6. The van der Waals surface area contributed by atoms with Gasteiger partial charge in [0.1, 0.15) is 0 Å². The lowest BCUT2D eigenvalue weighted by molar-refractivity contribution is 0.590. The molecule has 0 spiro atoms. The number of nitrogens with zero attached hydrogens (tertiary/aromatic N) is 5. The molecule has 0 atom stereocenters. The summed E-state index contributed by atoms with van der Waals surface area (Å²) < 4.78 is 0. The number of benzene rings is 3. The second kappa shape index (κ2) is 12.7. The van der Waals surface area contributed by atoms with E-state index in [9.17, 15) is 0 Å². The Bertz CT molecular complexity index is 1790. The lowest BCUT2D eigenvalue weighted by Crippen LogP contribution is -2.10. The van der Waals surface area contributed by atoms with E-state index in [1.54, 1.807) is 12.4 Å². The summed E-state index contributed by atoms with van der Waals surface area (Å²) in [5.74, 6) is 0.595. The molecule has 0 fully saturated rings. The Morgan fingerprint density at radius 1 is 0.548 bits per heavy atom. The minimum absolute atomic E-state index is 0.167. The lowest BCUT2D eigenvalue weighted by atomic mass is 9.87. The van der Waals surface area contributed by atoms with Gasteiger partial charge in [0.2, 0.25) is 0 Å². The van der Waals surface area contributed by atoms with Gasteiger partial charge in [0, 0.05) is 36.4 Å². The van der Waals surface area contributed by atoms with Crippen LogP contribution >= 0.6 is 0 Å². The van der Waals surface area contributed by atoms with E-state index in [0.717, 1.165) is 27.8 Å². The molecule has 0 saturated heterocycles. The molecule has 6 aromatic rings. The fraction of sp³-hybridized carbons (Fsp3) is 0.324. The third kappa shape index (κ3) is 7.94. The lowest BCUT2D eigenvalue weighted by Gasteiger charge is -2.18. The summed E-state index contributed by atoms with van der Waals surface area (Å²) in [6, 6.07) is 21.2. The summed E-state index contributed by atoms with van der Waals surface area (Å²) in [7, 11) is 0. The number of rotatable bonds is 1. The van der Waals surface area contributed by atoms with Crippen molar-refractivity contribution < 1.29 is 0 Å². The Morgan fingerprint density at radius 2 is 1.14 bits per heavy atom. The Hall–Kier alpha value is -4.25. The van der Waals surface area contributed by atoms with Gasteiger partial charge < -0.3 is 0 Å². The molecular weight excluding hydrogens is 514 g/mol. The summed E-state index contributed by atoms with van der Waals surface area (Å²) in [6.45, 7) is 19.6. The van der Waals surface area contributed by atoms with Crippen molar-refractivity contribution in [3.8, 4) is 0 Å². The van der Waals surface area contributed by atoms with Gasteiger partial charge in [0.25, 0.3) is 0 Å². The second-order valence-corrected chi connectivity index (χ2v) is 13.1. The average molecular weight is 558 g/mol. The van der Waals surface area contributed by atoms with E-state index in [1.165, 1.54) is 27.5 Å². The molecule has 42 heavy (non-hydrogen) atoms. The molecule has 0 aliphatic carbocycles. The minimum atomic E-state index is 0.167. The fourth-order valence-electron chi connectivity index (χ4n) is 4.46. The van der Waals surface area contributed by atoms with Crippen molar-refractivity contribution in [3.05, 3.63) is 114 Å². The van der Waals surface area contributed by atoms with Gasteiger partial charge in [-0.15, -0.1) is 0 Å². The topological polar surface area (TPSA) is 64.5 Å². The molecule has 0 unspecified atom stereocenters. The highest BCUT2D eigenvalue weighted by molar-refractivity contribution is 5.82. The van der Waals surface area contributed by atoms with Crippen molar-refractivity contribution >= 4 is 32.8 Å². The van der Waals surface area contributed by atoms with Crippen molar-refractivity contribution in [1.82, 2.24) is 24.9 Å². The summed E-state index contributed by atoms with van der Waals surface area (Å²) >= 11 is 0. The van der Waals surface area contributed by atoms with Gasteiger partial charge in [0.15, 0.2) is 0 Å². The molecule has 0 aliphatic rings. The average Bonchev–Trinajstić information content (AvgIpc) is 2.96. The highest BCUT2D eigenvalue weighted by atomic mass is 14.8. The monoisotopic (exact) mass is 557 g/mol. The van der Waals surface area contributed by atoms with Crippen LogP contribution in [0.3, 0.4) is 0 Å². The van der Waals surface area contributed by atoms with Crippen LogP contribution in [0.4, 0.5) is 0 Å². The number of pyridine rings is 1. The van der Waals surface area contributed by atoms with Crippen molar-refractivity contribution in [2.75, 3.05) is 0 Å². The Labute approximate surface area is 250 Å². The van der Waals surface area contributed by atoms with E-state index in [1.807, 2.05) is 31.6 Å². The van der Waals surface area contributed by atoms with E-state index >= 15 is 0 Å². The molecule has 3 aromatic carbocycles. The van der Waals surface area contributed by atoms with Crippen molar-refractivity contribution in [3.63, 3.8) is 0 Å². The summed E-state index contributed by atoms with van der Waals surface area (Å²) in [4.78, 5) is 21.5. The van der Waals surface area contributed by atoms with Gasteiger partial charge in [-0.2, -0.15) is 0 Å². The maximum absolute atomic E-state index is 4.44. The molecule has 6 rings (SSSR count). The van der Waals surface area contributed by atoms with Crippen LogP contribution in [0, 0.1) is 6.92 Å². The largest absolute Gasteiger partial charge is 0.264 e. The van der Waals surface area contributed by atoms with Gasteiger partial charge in [0.05, 0.1) is 27.8 Å². The molecule has 5 nitrogen and oxygen atoms in total. The molecule has 3 aromatic heterocycles. The van der Waals surface area contributed by atoms with Crippen LogP contribution in [-0.2, 0) is 10.8 Å². The van der Waals surface area contributed by atoms with Crippen molar-refractivity contribution in [2.45, 2.75) is 79.1 Å². The minimum Gasteiger partial charge on any atom is -0.264 e. The molecule has 0 N–H and O–H groups in total. The van der Waals surface area contributed by atoms with Crippen LogP contribution in [-0.4, -0.2) is 24.9 Å². The Morgan fingerprint density at radius 3 is 1.76 bits per heavy atom. The van der Waals surface area contributed by atoms with Gasteiger partial charge in [-0.3, -0.25) is 19.9 Å². The zero-order chi connectivity index (χ0) is 30.5. The van der Waals surface area contributed by atoms with Gasteiger partial charge in [-0.1, -0.05) is 85.7 Å². The second-order valence-electron chi connectivity index (χ2n) is 13.1. The third-order valence-electron chi connectivity index (χ3n) is 7.20. The molecule has 216 valence electrons. The van der Waals surface area contributed by atoms with E-state index in [4.69, 9.17) is 0 Å². The summed E-state index contributed by atoms with van der Waals surface area (Å²) in [5, 5.41) is 2.49. The Kier molecular flexibility index (Phi) is 9.30. The van der Waals surface area contributed by atoms with E-state index in [0.29, 0.717) is 5.92 Å². The Balaban J connectivity index is 0.000000145. The zero-order valence-corrected chi connectivity index (χ0v) is 26.5. The number of aryl methyl sites for hydroxylation is 1. The maximum atomic E-state index is 4.44. The highest BCUT2D eigenvalue weighted by Gasteiger charge is 2.15.